The summed E-state index contributed by atoms with van der Waals surface area (Å²) < 4.78 is 14.4. The second-order valence-corrected chi connectivity index (χ2v) is 8.59. The summed E-state index contributed by atoms with van der Waals surface area (Å²) in [5.74, 6) is 1.19. The number of fused-ring (bicyclic) bond motifs is 2. The zero-order chi connectivity index (χ0) is 21.9. The lowest BCUT2D eigenvalue weighted by Gasteiger charge is -2.22. The van der Waals surface area contributed by atoms with Crippen molar-refractivity contribution in [2.75, 3.05) is 24.7 Å². The smallest absolute Gasteiger partial charge is 0.260 e. The van der Waals surface area contributed by atoms with Crippen LogP contribution in [0.3, 0.4) is 0 Å². The van der Waals surface area contributed by atoms with Crippen molar-refractivity contribution >= 4 is 45.0 Å². The lowest BCUT2D eigenvalue weighted by molar-refractivity contribution is 0.0985. The molecule has 33 heavy (non-hydrogen) atoms. The standard InChI is InChI=1S/C24H24N4O3S.ClH/c1-2-17-5-3-6-21-22(17)26-24(32-21)28(11-4-10-27-12-9-25-16-27)23(29)18-7-8-19-20(15-18)31-14-13-30-19;/h3,5-9,12,15-16H,2,4,10-11,13-14H2,1H3;1H. The van der Waals surface area contributed by atoms with Crippen molar-refractivity contribution in [1.82, 2.24) is 14.5 Å². The molecular weight excluding hydrogens is 460 g/mol. The van der Waals surface area contributed by atoms with Gasteiger partial charge in [-0.15, -0.1) is 12.4 Å². The maximum absolute atomic E-state index is 13.6. The number of aromatic nitrogens is 3. The molecule has 4 aromatic rings. The van der Waals surface area contributed by atoms with Crippen LogP contribution in [0.2, 0.25) is 0 Å². The first-order chi connectivity index (χ1) is 15.7. The molecule has 9 heteroatoms. The molecule has 0 bridgehead atoms. The Morgan fingerprint density at radius 3 is 2.82 bits per heavy atom. The normalized spacial score (nSPS) is 12.4. The van der Waals surface area contributed by atoms with Gasteiger partial charge in [0, 0.05) is 31.0 Å². The Morgan fingerprint density at radius 2 is 2.03 bits per heavy atom. The van der Waals surface area contributed by atoms with Gasteiger partial charge >= 0.3 is 0 Å². The summed E-state index contributed by atoms with van der Waals surface area (Å²) in [5, 5.41) is 0.714. The average Bonchev–Trinajstić information content (AvgIpc) is 3.50. The minimum atomic E-state index is -0.0929. The van der Waals surface area contributed by atoms with Crippen LogP contribution >= 0.6 is 23.7 Å². The van der Waals surface area contributed by atoms with Crippen LogP contribution in [0.25, 0.3) is 10.2 Å². The van der Waals surface area contributed by atoms with Crippen LogP contribution in [0.5, 0.6) is 11.5 Å². The van der Waals surface area contributed by atoms with E-state index in [2.05, 4.69) is 30.1 Å². The van der Waals surface area contributed by atoms with Gasteiger partial charge in [-0.05, 0) is 42.7 Å². The van der Waals surface area contributed by atoms with E-state index in [1.807, 2.05) is 10.8 Å². The van der Waals surface area contributed by atoms with E-state index in [-0.39, 0.29) is 18.3 Å². The van der Waals surface area contributed by atoms with Crippen molar-refractivity contribution in [1.29, 1.82) is 0 Å². The fourth-order valence-electron chi connectivity index (χ4n) is 3.84. The Morgan fingerprint density at radius 1 is 1.18 bits per heavy atom. The highest BCUT2D eigenvalue weighted by atomic mass is 35.5. The van der Waals surface area contributed by atoms with Crippen LogP contribution in [-0.4, -0.2) is 40.2 Å². The second kappa shape index (κ2) is 10.2. The Balaban J connectivity index is 0.00000259. The van der Waals surface area contributed by atoms with Gasteiger partial charge in [-0.25, -0.2) is 9.97 Å². The van der Waals surface area contributed by atoms with Crippen molar-refractivity contribution in [3.05, 3.63) is 66.2 Å². The topological polar surface area (TPSA) is 69.5 Å². The SMILES string of the molecule is CCc1cccc2sc(N(CCCn3ccnc3)C(=O)c3ccc4c(c3)OCCO4)nc12.Cl. The van der Waals surface area contributed by atoms with E-state index in [0.29, 0.717) is 42.0 Å². The Labute approximate surface area is 202 Å². The van der Waals surface area contributed by atoms with Crippen LogP contribution in [0.15, 0.2) is 55.1 Å². The highest BCUT2D eigenvalue weighted by molar-refractivity contribution is 7.22. The molecule has 5 rings (SSSR count). The number of imidazole rings is 1. The number of aryl methyl sites for hydroxylation is 2. The number of nitrogens with zero attached hydrogens (tertiary/aromatic N) is 4. The Bertz CT molecular complexity index is 1240. The summed E-state index contributed by atoms with van der Waals surface area (Å²) in [6.45, 7) is 4.45. The molecule has 0 atom stereocenters. The number of carbonyl (C=O) groups is 1. The maximum atomic E-state index is 13.6. The second-order valence-electron chi connectivity index (χ2n) is 7.58. The predicted octanol–water partition coefficient (Wildman–Crippen LogP) is 4.99. The van der Waals surface area contributed by atoms with Gasteiger partial charge in [-0.3, -0.25) is 9.69 Å². The van der Waals surface area contributed by atoms with Gasteiger partial charge in [0.1, 0.15) is 13.2 Å². The molecule has 0 saturated heterocycles. The van der Waals surface area contributed by atoms with Gasteiger partial charge in [0.05, 0.1) is 16.5 Å². The number of thiazole rings is 1. The molecule has 0 fully saturated rings. The van der Waals surface area contributed by atoms with Gasteiger partial charge in [0.25, 0.3) is 5.91 Å². The summed E-state index contributed by atoms with van der Waals surface area (Å²) >= 11 is 1.55. The Kier molecular flexibility index (Phi) is 7.15. The molecule has 0 unspecified atom stereocenters. The van der Waals surface area contributed by atoms with Crippen molar-refractivity contribution in [2.24, 2.45) is 0 Å². The lowest BCUT2D eigenvalue weighted by Crippen LogP contribution is -2.32. The third-order valence-electron chi connectivity index (χ3n) is 5.49. The third-order valence-corrected chi connectivity index (χ3v) is 6.54. The zero-order valence-corrected chi connectivity index (χ0v) is 19.9. The van der Waals surface area contributed by atoms with Crippen LogP contribution in [-0.2, 0) is 13.0 Å². The van der Waals surface area contributed by atoms with Crippen LogP contribution < -0.4 is 14.4 Å². The first-order valence-corrected chi connectivity index (χ1v) is 11.6. The number of carbonyl (C=O) groups excluding carboxylic acids is 1. The summed E-state index contributed by atoms with van der Waals surface area (Å²) in [6.07, 6.45) is 7.16. The van der Waals surface area contributed by atoms with Gasteiger partial charge in [-0.2, -0.15) is 0 Å². The molecule has 0 aliphatic carbocycles. The summed E-state index contributed by atoms with van der Waals surface area (Å²) in [6, 6.07) is 11.6. The number of rotatable bonds is 7. The van der Waals surface area contributed by atoms with Gasteiger partial charge in [0.15, 0.2) is 16.6 Å². The highest BCUT2D eigenvalue weighted by Gasteiger charge is 2.23. The molecule has 0 spiro atoms. The van der Waals surface area contributed by atoms with Crippen LogP contribution in [0.4, 0.5) is 5.13 Å². The number of anilines is 1. The van der Waals surface area contributed by atoms with E-state index < -0.39 is 0 Å². The van der Waals surface area contributed by atoms with Gasteiger partial charge in [-0.1, -0.05) is 30.4 Å². The molecule has 0 saturated carbocycles. The summed E-state index contributed by atoms with van der Waals surface area (Å²) in [5.41, 5.74) is 2.73. The van der Waals surface area contributed by atoms with E-state index in [1.54, 1.807) is 47.0 Å². The number of para-hydroxylation sites is 1. The Hall–Kier alpha value is -3.10. The molecule has 1 aliphatic heterocycles. The number of ether oxygens (including phenoxy) is 2. The van der Waals surface area contributed by atoms with Crippen molar-refractivity contribution in [2.45, 2.75) is 26.3 Å². The molecule has 2 aromatic carbocycles. The molecule has 1 aliphatic rings. The maximum Gasteiger partial charge on any atom is 0.260 e. The largest absolute Gasteiger partial charge is 0.486 e. The van der Waals surface area contributed by atoms with Crippen molar-refractivity contribution in [3.8, 4) is 11.5 Å². The monoisotopic (exact) mass is 484 g/mol. The molecule has 172 valence electrons. The molecule has 7 nitrogen and oxygen atoms in total. The van der Waals surface area contributed by atoms with E-state index in [1.165, 1.54) is 5.56 Å². The number of hydrogen-bond acceptors (Lipinski definition) is 6. The molecular formula is C24H25ClN4O3S. The molecule has 3 heterocycles. The fraction of sp³-hybridized carbons (Fsp3) is 0.292. The predicted molar refractivity (Wildman–Crippen MR) is 132 cm³/mol. The first kappa shape index (κ1) is 23.1. The van der Waals surface area contributed by atoms with Crippen molar-refractivity contribution in [3.63, 3.8) is 0 Å². The zero-order valence-electron chi connectivity index (χ0n) is 18.3. The van der Waals surface area contributed by atoms with Crippen LogP contribution in [0.1, 0.15) is 29.3 Å². The number of benzene rings is 2. The van der Waals surface area contributed by atoms with E-state index >= 15 is 0 Å². The molecule has 1 amide bonds. The summed E-state index contributed by atoms with van der Waals surface area (Å²) in [4.78, 5) is 24.4. The van der Waals surface area contributed by atoms with Crippen LogP contribution in [0, 0.1) is 0 Å². The quantitative estimate of drug-likeness (QED) is 0.370. The first-order valence-electron chi connectivity index (χ1n) is 10.8. The summed E-state index contributed by atoms with van der Waals surface area (Å²) in [7, 11) is 0. The van der Waals surface area contributed by atoms with E-state index in [0.717, 1.165) is 29.6 Å². The number of halogens is 1. The lowest BCUT2D eigenvalue weighted by atomic mass is 10.1. The van der Waals surface area contributed by atoms with Gasteiger partial charge in [0.2, 0.25) is 0 Å². The molecule has 2 aromatic heterocycles. The highest BCUT2D eigenvalue weighted by Crippen LogP contribution is 2.34. The molecule has 0 radical (unpaired) electrons. The van der Waals surface area contributed by atoms with Crippen molar-refractivity contribution < 1.29 is 14.3 Å². The van der Waals surface area contributed by atoms with E-state index in [4.69, 9.17) is 14.5 Å². The fourth-order valence-corrected chi connectivity index (χ4v) is 4.88. The minimum absolute atomic E-state index is 0. The van der Waals surface area contributed by atoms with Gasteiger partial charge < -0.3 is 14.0 Å². The third kappa shape index (κ3) is 4.82. The number of amides is 1. The minimum Gasteiger partial charge on any atom is -0.486 e. The van der Waals surface area contributed by atoms with E-state index in [9.17, 15) is 4.79 Å². The number of hydrogen-bond donors (Lipinski definition) is 0. The average molecular weight is 485 g/mol. The molecule has 0 N–H and O–H groups in total.